The van der Waals surface area contributed by atoms with Crippen LogP contribution in [0.5, 0.6) is 17.2 Å². The zero-order valence-electron chi connectivity index (χ0n) is 23.2. The van der Waals surface area contributed by atoms with Crippen molar-refractivity contribution in [2.45, 2.75) is 23.4 Å². The molecule has 3 heterocycles. The van der Waals surface area contributed by atoms with Gasteiger partial charge in [-0.25, -0.2) is 27.9 Å². The Bertz CT molecular complexity index is 1900. The van der Waals surface area contributed by atoms with Gasteiger partial charge in [0.25, 0.3) is 0 Å². The average Bonchev–Trinajstić information content (AvgIpc) is 3.35. The number of carboxylic acid groups (broad SMARTS) is 1. The number of sulfone groups is 1. The Labute approximate surface area is 241 Å². The van der Waals surface area contributed by atoms with Gasteiger partial charge in [-0.15, -0.1) is 0 Å². The standard InChI is InChI=1S/C29H27N5O7S/c1-17-25-26(31-15-18-6-5-13-30-28(18)42(37,38)21-10-7-19(39-2)8-11-21)22(29(35)36)16-32-27(25)34(33-17)23-12-9-20(40-3)14-24(23)41-4/h5-14,16H,15H2,1-4H3,(H,31,32)(H,35,36). The first-order valence-electron chi connectivity index (χ1n) is 12.6. The third-order valence-electron chi connectivity index (χ3n) is 6.65. The van der Waals surface area contributed by atoms with Crippen LogP contribution in [-0.4, -0.2) is 60.6 Å². The van der Waals surface area contributed by atoms with Crippen LogP contribution in [0.25, 0.3) is 16.7 Å². The largest absolute Gasteiger partial charge is 0.497 e. The molecule has 12 nitrogen and oxygen atoms in total. The predicted molar refractivity (Wildman–Crippen MR) is 154 cm³/mol. The minimum atomic E-state index is -4.00. The van der Waals surface area contributed by atoms with Gasteiger partial charge in [-0.2, -0.15) is 5.10 Å². The number of nitrogens with zero attached hydrogens (tertiary/aromatic N) is 4. The van der Waals surface area contributed by atoms with E-state index < -0.39 is 15.8 Å². The van der Waals surface area contributed by atoms with E-state index in [-0.39, 0.29) is 27.7 Å². The highest BCUT2D eigenvalue weighted by molar-refractivity contribution is 7.91. The Morgan fingerprint density at radius 1 is 0.976 bits per heavy atom. The van der Waals surface area contributed by atoms with Crippen LogP contribution >= 0.6 is 0 Å². The molecular weight excluding hydrogens is 562 g/mol. The Kier molecular flexibility index (Phi) is 7.68. The lowest BCUT2D eigenvalue weighted by atomic mass is 10.1. The number of aromatic carboxylic acids is 1. The fraction of sp³-hybridized carbons (Fsp3) is 0.172. The minimum absolute atomic E-state index is 0.0472. The SMILES string of the molecule is COc1ccc(S(=O)(=O)c2ncccc2CNc2c(C(=O)O)cnc3c2c(C)nn3-c2ccc(OC)cc2OC)cc1. The zero-order valence-corrected chi connectivity index (χ0v) is 24.0. The van der Waals surface area contributed by atoms with E-state index in [1.165, 1.54) is 38.7 Å². The van der Waals surface area contributed by atoms with Crippen molar-refractivity contribution in [2.75, 3.05) is 26.6 Å². The van der Waals surface area contributed by atoms with Gasteiger partial charge in [0.05, 0.1) is 43.0 Å². The number of carbonyl (C=O) groups is 1. The van der Waals surface area contributed by atoms with Gasteiger partial charge in [0.2, 0.25) is 9.84 Å². The molecule has 0 aliphatic heterocycles. The van der Waals surface area contributed by atoms with Crippen molar-refractivity contribution in [3.8, 4) is 22.9 Å². The molecule has 216 valence electrons. The number of nitrogens with one attached hydrogen (secondary N) is 1. The summed E-state index contributed by atoms with van der Waals surface area (Å²) in [4.78, 5) is 20.9. The molecule has 0 atom stereocenters. The van der Waals surface area contributed by atoms with E-state index in [2.05, 4.69) is 20.4 Å². The number of pyridine rings is 2. The van der Waals surface area contributed by atoms with Crippen LogP contribution in [0.15, 0.2) is 76.9 Å². The fourth-order valence-electron chi connectivity index (χ4n) is 4.58. The molecule has 3 aromatic heterocycles. The maximum Gasteiger partial charge on any atom is 0.339 e. The Balaban J connectivity index is 1.58. The number of benzene rings is 2. The van der Waals surface area contributed by atoms with Gasteiger partial charge in [0, 0.05) is 30.6 Å². The summed E-state index contributed by atoms with van der Waals surface area (Å²) in [5.41, 5.74) is 1.92. The normalized spacial score (nSPS) is 11.3. The number of methoxy groups -OCH3 is 3. The summed E-state index contributed by atoms with van der Waals surface area (Å²) in [6.45, 7) is 1.69. The van der Waals surface area contributed by atoms with Gasteiger partial charge in [0.1, 0.15) is 28.5 Å². The molecule has 42 heavy (non-hydrogen) atoms. The van der Waals surface area contributed by atoms with Crippen LogP contribution in [0.4, 0.5) is 5.69 Å². The maximum absolute atomic E-state index is 13.5. The topological polar surface area (TPSA) is 155 Å². The molecule has 0 spiro atoms. The molecule has 0 aliphatic rings. The van der Waals surface area contributed by atoms with Gasteiger partial charge >= 0.3 is 5.97 Å². The van der Waals surface area contributed by atoms with Crippen LogP contribution in [0.2, 0.25) is 0 Å². The molecule has 2 N–H and O–H groups in total. The first kappa shape index (κ1) is 28.4. The second-order valence-corrected chi connectivity index (χ2v) is 11.0. The number of anilines is 1. The van der Waals surface area contributed by atoms with E-state index in [1.54, 1.807) is 61.2 Å². The Morgan fingerprint density at radius 2 is 1.69 bits per heavy atom. The van der Waals surface area contributed by atoms with Gasteiger partial charge in [-0.3, -0.25) is 0 Å². The molecule has 0 saturated heterocycles. The minimum Gasteiger partial charge on any atom is -0.497 e. The number of carboxylic acids is 1. The summed E-state index contributed by atoms with van der Waals surface area (Å²) in [5.74, 6) is 0.367. The number of aryl methyl sites for hydroxylation is 1. The van der Waals surface area contributed by atoms with Crippen molar-refractivity contribution in [3.63, 3.8) is 0 Å². The second-order valence-electron chi connectivity index (χ2n) is 9.09. The highest BCUT2D eigenvalue weighted by Crippen LogP contribution is 2.35. The van der Waals surface area contributed by atoms with Crippen molar-refractivity contribution in [1.29, 1.82) is 0 Å². The van der Waals surface area contributed by atoms with Crippen LogP contribution in [0.1, 0.15) is 21.6 Å². The first-order chi connectivity index (χ1) is 20.2. The second kappa shape index (κ2) is 11.4. The molecule has 0 saturated carbocycles. The summed E-state index contributed by atoms with van der Waals surface area (Å²) in [5, 5.41) is 18.1. The zero-order chi connectivity index (χ0) is 30.0. The quantitative estimate of drug-likeness (QED) is 0.240. The molecule has 0 fully saturated rings. The van der Waals surface area contributed by atoms with Crippen LogP contribution in [0, 0.1) is 6.92 Å². The van der Waals surface area contributed by atoms with E-state index in [1.807, 2.05) is 0 Å². The lowest BCUT2D eigenvalue weighted by Gasteiger charge is -2.14. The van der Waals surface area contributed by atoms with E-state index in [4.69, 9.17) is 14.2 Å². The summed E-state index contributed by atoms with van der Waals surface area (Å²) < 4.78 is 44.5. The van der Waals surface area contributed by atoms with Gasteiger partial charge < -0.3 is 24.6 Å². The molecule has 5 aromatic rings. The van der Waals surface area contributed by atoms with Crippen molar-refractivity contribution in [1.82, 2.24) is 19.7 Å². The highest BCUT2D eigenvalue weighted by atomic mass is 32.2. The van der Waals surface area contributed by atoms with Crippen molar-refractivity contribution >= 4 is 32.5 Å². The van der Waals surface area contributed by atoms with Crippen LogP contribution in [-0.2, 0) is 16.4 Å². The van der Waals surface area contributed by atoms with Gasteiger partial charge in [-0.1, -0.05) is 6.07 Å². The van der Waals surface area contributed by atoms with E-state index in [0.29, 0.717) is 45.2 Å². The number of ether oxygens (including phenoxy) is 3. The van der Waals surface area contributed by atoms with Crippen LogP contribution in [0.3, 0.4) is 0 Å². The summed E-state index contributed by atoms with van der Waals surface area (Å²) in [7, 11) is 0.560. The number of hydrogen-bond acceptors (Lipinski definition) is 10. The van der Waals surface area contributed by atoms with E-state index in [9.17, 15) is 18.3 Å². The third-order valence-corrected chi connectivity index (χ3v) is 8.42. The molecular formula is C29H27N5O7S. The van der Waals surface area contributed by atoms with Crippen molar-refractivity contribution < 1.29 is 32.5 Å². The third kappa shape index (κ3) is 5.05. The molecule has 5 rings (SSSR count). The van der Waals surface area contributed by atoms with Crippen LogP contribution < -0.4 is 19.5 Å². The lowest BCUT2D eigenvalue weighted by Crippen LogP contribution is -2.13. The molecule has 13 heteroatoms. The van der Waals surface area contributed by atoms with E-state index >= 15 is 0 Å². The number of rotatable bonds is 10. The number of fused-ring (bicyclic) bond motifs is 1. The predicted octanol–water partition coefficient (Wildman–Crippen LogP) is 4.29. The van der Waals surface area contributed by atoms with Gasteiger partial charge in [-0.05, 0) is 49.4 Å². The number of hydrogen-bond donors (Lipinski definition) is 2. The van der Waals surface area contributed by atoms with Crippen molar-refractivity contribution in [3.05, 3.63) is 83.8 Å². The first-order valence-corrected chi connectivity index (χ1v) is 14.1. The smallest absolute Gasteiger partial charge is 0.339 e. The average molecular weight is 590 g/mol. The molecule has 0 aliphatic carbocycles. The molecule has 0 bridgehead atoms. The fourth-order valence-corrected chi connectivity index (χ4v) is 5.98. The molecule has 2 aromatic carbocycles. The van der Waals surface area contributed by atoms with Crippen molar-refractivity contribution in [2.24, 2.45) is 0 Å². The summed E-state index contributed by atoms with van der Waals surface area (Å²) in [6, 6.07) is 14.4. The Hall–Kier alpha value is -5.17. The number of aromatic nitrogens is 4. The molecule has 0 unspecified atom stereocenters. The summed E-state index contributed by atoms with van der Waals surface area (Å²) in [6.07, 6.45) is 2.63. The van der Waals surface area contributed by atoms with E-state index in [0.717, 1.165) is 0 Å². The molecule has 0 radical (unpaired) electrons. The molecule has 0 amide bonds. The Morgan fingerprint density at radius 3 is 2.36 bits per heavy atom. The monoisotopic (exact) mass is 589 g/mol. The van der Waals surface area contributed by atoms with Gasteiger partial charge in [0.15, 0.2) is 10.7 Å². The highest BCUT2D eigenvalue weighted by Gasteiger charge is 2.25. The lowest BCUT2D eigenvalue weighted by molar-refractivity contribution is 0.0697. The summed E-state index contributed by atoms with van der Waals surface area (Å²) >= 11 is 0. The maximum atomic E-state index is 13.5.